The quantitative estimate of drug-likeness (QED) is 0.761. The first-order chi connectivity index (χ1) is 9.36. The average Bonchev–Trinajstić information content (AvgIpc) is 2.88. The molecular weight excluding hydrogens is 238 g/mol. The van der Waals surface area contributed by atoms with E-state index in [1.807, 2.05) is 48.5 Å². The summed E-state index contributed by atoms with van der Waals surface area (Å²) in [4.78, 5) is 0. The lowest BCUT2D eigenvalue weighted by Gasteiger charge is -2.09. The van der Waals surface area contributed by atoms with Crippen LogP contribution in [0.1, 0.15) is 5.76 Å². The first kappa shape index (κ1) is 11.7. The number of rotatable bonds is 4. The average molecular weight is 253 g/mol. The molecule has 0 unspecified atom stereocenters. The van der Waals surface area contributed by atoms with Gasteiger partial charge in [0, 0.05) is 5.39 Å². The van der Waals surface area contributed by atoms with E-state index in [1.54, 1.807) is 7.11 Å². The van der Waals surface area contributed by atoms with Gasteiger partial charge in [0.05, 0.1) is 19.3 Å². The SMILES string of the molecule is COc1ccccc1NCc1cc2ccccc2o1. The number of hydrogen-bond acceptors (Lipinski definition) is 3. The molecule has 3 aromatic rings. The third-order valence-corrected chi connectivity index (χ3v) is 3.04. The molecule has 0 saturated carbocycles. The van der Waals surface area contributed by atoms with Crippen molar-refractivity contribution in [1.82, 2.24) is 0 Å². The maximum atomic E-state index is 5.76. The van der Waals surface area contributed by atoms with Crippen molar-refractivity contribution in [3.63, 3.8) is 0 Å². The summed E-state index contributed by atoms with van der Waals surface area (Å²) in [5.74, 6) is 1.74. The number of anilines is 1. The van der Waals surface area contributed by atoms with E-state index in [0.29, 0.717) is 6.54 Å². The molecule has 96 valence electrons. The summed E-state index contributed by atoms with van der Waals surface area (Å²) in [6, 6.07) is 17.9. The Balaban J connectivity index is 1.78. The fraction of sp³-hybridized carbons (Fsp3) is 0.125. The molecule has 0 aliphatic carbocycles. The van der Waals surface area contributed by atoms with E-state index in [1.165, 1.54) is 0 Å². The van der Waals surface area contributed by atoms with Gasteiger partial charge in [-0.2, -0.15) is 0 Å². The molecular formula is C16H15NO2. The second kappa shape index (κ2) is 5.06. The zero-order chi connectivity index (χ0) is 13.1. The molecule has 0 aliphatic rings. The number of furan rings is 1. The molecule has 1 aromatic heterocycles. The van der Waals surface area contributed by atoms with Gasteiger partial charge in [0.2, 0.25) is 0 Å². The number of fused-ring (bicyclic) bond motifs is 1. The molecule has 0 saturated heterocycles. The van der Waals surface area contributed by atoms with Crippen molar-refractivity contribution in [1.29, 1.82) is 0 Å². The van der Waals surface area contributed by atoms with Crippen LogP contribution >= 0.6 is 0 Å². The number of para-hydroxylation sites is 3. The molecule has 0 atom stereocenters. The zero-order valence-electron chi connectivity index (χ0n) is 10.7. The highest BCUT2D eigenvalue weighted by Gasteiger charge is 2.05. The van der Waals surface area contributed by atoms with Gasteiger partial charge in [0.15, 0.2) is 0 Å². The van der Waals surface area contributed by atoms with Crippen LogP contribution in [0.5, 0.6) is 5.75 Å². The number of methoxy groups -OCH3 is 1. The van der Waals surface area contributed by atoms with Crippen LogP contribution in [0.25, 0.3) is 11.0 Å². The summed E-state index contributed by atoms with van der Waals surface area (Å²) in [5, 5.41) is 4.45. The smallest absolute Gasteiger partial charge is 0.141 e. The maximum Gasteiger partial charge on any atom is 0.141 e. The van der Waals surface area contributed by atoms with Crippen molar-refractivity contribution < 1.29 is 9.15 Å². The Morgan fingerprint density at radius 2 is 1.84 bits per heavy atom. The highest BCUT2D eigenvalue weighted by atomic mass is 16.5. The third-order valence-electron chi connectivity index (χ3n) is 3.04. The van der Waals surface area contributed by atoms with E-state index in [2.05, 4.69) is 11.4 Å². The van der Waals surface area contributed by atoms with Crippen LogP contribution in [-0.4, -0.2) is 7.11 Å². The minimum atomic E-state index is 0.634. The molecule has 3 nitrogen and oxygen atoms in total. The maximum absolute atomic E-state index is 5.76. The molecule has 0 spiro atoms. The van der Waals surface area contributed by atoms with Gasteiger partial charge in [-0.15, -0.1) is 0 Å². The van der Waals surface area contributed by atoms with Gasteiger partial charge >= 0.3 is 0 Å². The molecule has 0 bridgehead atoms. The van der Waals surface area contributed by atoms with Crippen LogP contribution in [0.15, 0.2) is 59.0 Å². The molecule has 0 radical (unpaired) electrons. The van der Waals surface area contributed by atoms with Crippen molar-refractivity contribution in [3.05, 3.63) is 60.4 Å². The lowest BCUT2D eigenvalue weighted by Crippen LogP contribution is -1.99. The second-order valence-electron chi connectivity index (χ2n) is 4.30. The molecule has 1 heterocycles. The van der Waals surface area contributed by atoms with Crippen LogP contribution in [0.2, 0.25) is 0 Å². The third kappa shape index (κ3) is 2.40. The predicted octanol–water partition coefficient (Wildman–Crippen LogP) is 4.05. The highest BCUT2D eigenvalue weighted by molar-refractivity contribution is 5.77. The van der Waals surface area contributed by atoms with Gasteiger partial charge in [-0.3, -0.25) is 0 Å². The number of ether oxygens (including phenoxy) is 1. The Bertz CT molecular complexity index is 655. The largest absolute Gasteiger partial charge is 0.495 e. The monoisotopic (exact) mass is 253 g/mol. The number of hydrogen-bond donors (Lipinski definition) is 1. The van der Waals surface area contributed by atoms with Gasteiger partial charge in [-0.1, -0.05) is 30.3 Å². The molecule has 3 heteroatoms. The number of benzene rings is 2. The fourth-order valence-electron chi connectivity index (χ4n) is 2.10. The fourth-order valence-corrected chi connectivity index (χ4v) is 2.10. The van der Waals surface area contributed by atoms with Crippen LogP contribution < -0.4 is 10.1 Å². The minimum Gasteiger partial charge on any atom is -0.495 e. The van der Waals surface area contributed by atoms with Crippen LogP contribution in [0.4, 0.5) is 5.69 Å². The zero-order valence-corrected chi connectivity index (χ0v) is 10.7. The number of nitrogens with one attached hydrogen (secondary N) is 1. The molecule has 0 amide bonds. The molecule has 2 aromatic carbocycles. The summed E-state index contributed by atoms with van der Waals surface area (Å²) in [7, 11) is 1.67. The molecule has 3 rings (SSSR count). The highest BCUT2D eigenvalue weighted by Crippen LogP contribution is 2.25. The first-order valence-corrected chi connectivity index (χ1v) is 6.21. The summed E-state index contributed by atoms with van der Waals surface area (Å²) >= 11 is 0. The van der Waals surface area contributed by atoms with Crippen molar-refractivity contribution >= 4 is 16.7 Å². The van der Waals surface area contributed by atoms with Gasteiger partial charge < -0.3 is 14.5 Å². The lowest BCUT2D eigenvalue weighted by atomic mass is 10.2. The Labute approximate surface area is 111 Å². The van der Waals surface area contributed by atoms with Gasteiger partial charge in [0.25, 0.3) is 0 Å². The Morgan fingerprint density at radius 1 is 1.05 bits per heavy atom. The summed E-state index contributed by atoms with van der Waals surface area (Å²) < 4.78 is 11.1. The Kier molecular flexibility index (Phi) is 3.11. The topological polar surface area (TPSA) is 34.4 Å². The van der Waals surface area contributed by atoms with E-state index in [-0.39, 0.29) is 0 Å². The van der Waals surface area contributed by atoms with Crippen LogP contribution in [-0.2, 0) is 6.54 Å². The molecule has 0 aliphatic heterocycles. The Morgan fingerprint density at radius 3 is 2.68 bits per heavy atom. The predicted molar refractivity (Wildman–Crippen MR) is 76.5 cm³/mol. The normalized spacial score (nSPS) is 10.6. The first-order valence-electron chi connectivity index (χ1n) is 6.21. The summed E-state index contributed by atoms with van der Waals surface area (Å²) in [5.41, 5.74) is 1.88. The summed E-state index contributed by atoms with van der Waals surface area (Å²) in [6.45, 7) is 0.634. The minimum absolute atomic E-state index is 0.634. The van der Waals surface area contributed by atoms with Crippen LogP contribution in [0.3, 0.4) is 0 Å². The van der Waals surface area contributed by atoms with Crippen molar-refractivity contribution in [2.75, 3.05) is 12.4 Å². The molecule has 0 fully saturated rings. The van der Waals surface area contributed by atoms with Crippen molar-refractivity contribution in [2.45, 2.75) is 6.54 Å². The standard InChI is InChI=1S/C16H15NO2/c1-18-16-9-5-3-7-14(16)17-11-13-10-12-6-2-4-8-15(12)19-13/h2-10,17H,11H2,1H3. The second-order valence-corrected chi connectivity index (χ2v) is 4.30. The van der Waals surface area contributed by atoms with Crippen molar-refractivity contribution in [3.8, 4) is 5.75 Å². The van der Waals surface area contributed by atoms with E-state index in [4.69, 9.17) is 9.15 Å². The summed E-state index contributed by atoms with van der Waals surface area (Å²) in [6.07, 6.45) is 0. The van der Waals surface area contributed by atoms with E-state index < -0.39 is 0 Å². The molecule has 1 N–H and O–H groups in total. The van der Waals surface area contributed by atoms with E-state index in [9.17, 15) is 0 Å². The Hall–Kier alpha value is -2.42. The van der Waals surface area contributed by atoms with E-state index >= 15 is 0 Å². The van der Waals surface area contributed by atoms with Gasteiger partial charge in [-0.05, 0) is 24.3 Å². The van der Waals surface area contributed by atoms with Gasteiger partial charge in [0.1, 0.15) is 17.1 Å². The van der Waals surface area contributed by atoms with Crippen molar-refractivity contribution in [2.24, 2.45) is 0 Å². The molecule has 19 heavy (non-hydrogen) atoms. The van der Waals surface area contributed by atoms with Crippen LogP contribution in [0, 0.1) is 0 Å². The lowest BCUT2D eigenvalue weighted by molar-refractivity contribution is 0.416. The van der Waals surface area contributed by atoms with E-state index in [0.717, 1.165) is 28.2 Å². The van der Waals surface area contributed by atoms with Gasteiger partial charge in [-0.25, -0.2) is 0 Å².